The van der Waals surface area contributed by atoms with Gasteiger partial charge in [0, 0.05) is 39.7 Å². The van der Waals surface area contributed by atoms with Crippen molar-refractivity contribution in [1.29, 1.82) is 0 Å². The fraction of sp³-hybridized carbons (Fsp3) is 0.222. The molecule has 3 aromatic heterocycles. The molecule has 1 amide bonds. The first-order chi connectivity index (χ1) is 22.4. The lowest BCUT2D eigenvalue weighted by Gasteiger charge is -2.12. The average molecular weight is 671 g/mol. The van der Waals surface area contributed by atoms with Crippen LogP contribution in [0.3, 0.4) is 0 Å². The summed E-state index contributed by atoms with van der Waals surface area (Å²) < 4.78 is 7.90. The number of amides is 1. The molecule has 0 spiro atoms. The molecule has 6 rings (SSSR count). The Hall–Kier alpha value is -4.86. The first-order valence-electron chi connectivity index (χ1n) is 15.1. The van der Waals surface area contributed by atoms with Crippen LogP contribution < -0.4 is 10.1 Å². The molecule has 0 saturated heterocycles. The van der Waals surface area contributed by atoms with Gasteiger partial charge in [-0.1, -0.05) is 47.5 Å². The summed E-state index contributed by atoms with van der Waals surface area (Å²) in [7, 11) is 1.88. The summed E-state index contributed by atoms with van der Waals surface area (Å²) in [6, 6.07) is 16.0. The summed E-state index contributed by atoms with van der Waals surface area (Å²) in [4.78, 5) is 33.7. The van der Waals surface area contributed by atoms with E-state index in [1.165, 1.54) is 6.07 Å². The van der Waals surface area contributed by atoms with Crippen molar-refractivity contribution in [2.24, 2.45) is 7.05 Å². The molecule has 11 heteroatoms. The molecule has 0 bridgehead atoms. The number of aromatic carboxylic acids is 1. The van der Waals surface area contributed by atoms with E-state index in [-0.39, 0.29) is 5.69 Å². The van der Waals surface area contributed by atoms with Crippen LogP contribution in [0.25, 0.3) is 32.9 Å². The number of hydrogen-bond donors (Lipinski definition) is 3. The number of fused-ring (bicyclic) bond motifs is 2. The van der Waals surface area contributed by atoms with Gasteiger partial charge < -0.3 is 20.1 Å². The van der Waals surface area contributed by atoms with Crippen LogP contribution in [0.4, 0.5) is 5.69 Å². The number of halogens is 2. The van der Waals surface area contributed by atoms with Gasteiger partial charge >= 0.3 is 5.97 Å². The predicted octanol–water partition coefficient (Wildman–Crippen LogP) is 8.62. The van der Waals surface area contributed by atoms with Gasteiger partial charge in [-0.05, 0) is 87.6 Å². The number of carboxylic acid groups (broad SMARTS) is 1. The third kappa shape index (κ3) is 6.04. The Bertz CT molecular complexity index is 2200. The van der Waals surface area contributed by atoms with E-state index in [1.807, 2.05) is 69.8 Å². The number of carbonyl (C=O) groups is 2. The number of hydrogen-bond acceptors (Lipinski definition) is 5. The number of pyridine rings is 1. The molecule has 240 valence electrons. The highest BCUT2D eigenvalue weighted by Crippen LogP contribution is 2.40. The van der Waals surface area contributed by atoms with Crippen molar-refractivity contribution in [1.82, 2.24) is 19.7 Å². The molecule has 0 unspecified atom stereocenters. The summed E-state index contributed by atoms with van der Waals surface area (Å²) in [5.74, 6) is -0.878. The molecule has 0 aliphatic rings. The molecule has 0 radical (unpaired) electrons. The molecule has 3 N–H and O–H groups in total. The van der Waals surface area contributed by atoms with Crippen LogP contribution in [-0.2, 0) is 13.5 Å². The van der Waals surface area contributed by atoms with Crippen molar-refractivity contribution in [3.8, 4) is 16.9 Å². The van der Waals surface area contributed by atoms with Crippen LogP contribution in [0.2, 0.25) is 10.0 Å². The third-order valence-corrected chi connectivity index (χ3v) is 9.36. The molecule has 0 aliphatic carbocycles. The van der Waals surface area contributed by atoms with E-state index < -0.39 is 11.9 Å². The number of rotatable bonds is 9. The fourth-order valence-corrected chi connectivity index (χ4v) is 6.49. The van der Waals surface area contributed by atoms with Crippen molar-refractivity contribution < 1.29 is 19.4 Å². The first kappa shape index (κ1) is 32.1. The van der Waals surface area contributed by atoms with Crippen LogP contribution in [0.1, 0.15) is 55.5 Å². The molecule has 9 nitrogen and oxygen atoms in total. The van der Waals surface area contributed by atoms with Gasteiger partial charge in [-0.3, -0.25) is 9.48 Å². The number of aromatic amines is 1. The van der Waals surface area contributed by atoms with Gasteiger partial charge in [-0.15, -0.1) is 0 Å². The monoisotopic (exact) mass is 669 g/mol. The van der Waals surface area contributed by atoms with E-state index in [1.54, 1.807) is 18.2 Å². The third-order valence-electron chi connectivity index (χ3n) is 8.45. The quantitative estimate of drug-likeness (QED) is 0.132. The minimum Gasteiger partial charge on any atom is -0.494 e. The maximum atomic E-state index is 14.2. The van der Waals surface area contributed by atoms with Gasteiger partial charge in [0.05, 0.1) is 34.0 Å². The molecule has 47 heavy (non-hydrogen) atoms. The maximum Gasteiger partial charge on any atom is 0.354 e. The van der Waals surface area contributed by atoms with E-state index >= 15 is 0 Å². The van der Waals surface area contributed by atoms with E-state index in [0.29, 0.717) is 52.3 Å². The summed E-state index contributed by atoms with van der Waals surface area (Å²) in [5.41, 5.74) is 7.78. The lowest BCUT2D eigenvalue weighted by molar-refractivity contribution is 0.0690. The zero-order valence-corrected chi connectivity index (χ0v) is 28.1. The van der Waals surface area contributed by atoms with Gasteiger partial charge in [0.1, 0.15) is 11.4 Å². The van der Waals surface area contributed by atoms with Crippen LogP contribution in [-0.4, -0.2) is 43.3 Å². The van der Waals surface area contributed by atoms with Crippen LogP contribution in [0, 0.1) is 27.7 Å². The average Bonchev–Trinajstić information content (AvgIpc) is 3.53. The maximum absolute atomic E-state index is 14.2. The minimum absolute atomic E-state index is 0.169. The Balaban J connectivity index is 1.42. The zero-order valence-electron chi connectivity index (χ0n) is 26.6. The minimum atomic E-state index is -1.19. The van der Waals surface area contributed by atoms with Crippen molar-refractivity contribution >= 4 is 62.6 Å². The van der Waals surface area contributed by atoms with Crippen molar-refractivity contribution in [3.63, 3.8) is 0 Å². The molecule has 0 fully saturated rings. The van der Waals surface area contributed by atoms with Crippen LogP contribution in [0.15, 0.2) is 54.6 Å². The number of nitrogens with one attached hydrogen (secondary N) is 2. The van der Waals surface area contributed by atoms with Gasteiger partial charge in [0.25, 0.3) is 5.91 Å². The number of carbonyl (C=O) groups excluding carboxylic acids is 1. The standard InChI is InChI=1S/C36H33Cl2N5O4/c1-18-15-22(16-19(2)32(18)38)47-14-8-10-23-24-12-13-26(37)31(30-20(3)42-43(5)21(30)4)33(24)41-34(23)35(44)40-28-17-29(36(45)46)39-27-11-7-6-9-25(27)28/h6-7,9,11-13,15-17,41H,8,10,14H2,1-5H3,(H,45,46)(H,39,40,44). The lowest BCUT2D eigenvalue weighted by atomic mass is 9.98. The summed E-state index contributed by atoms with van der Waals surface area (Å²) in [6.45, 7) is 8.21. The number of nitrogens with zero attached hydrogens (tertiary/aromatic N) is 3. The fourth-order valence-electron chi connectivity index (χ4n) is 6.13. The van der Waals surface area contributed by atoms with Crippen molar-refractivity contribution in [3.05, 3.63) is 104 Å². The van der Waals surface area contributed by atoms with E-state index in [0.717, 1.165) is 55.4 Å². The molecule has 0 aliphatic heterocycles. The van der Waals surface area contributed by atoms with Crippen LogP contribution in [0.5, 0.6) is 5.75 Å². The Labute approximate surface area is 281 Å². The van der Waals surface area contributed by atoms with Crippen molar-refractivity contribution in [2.45, 2.75) is 40.5 Å². The molecule has 0 saturated carbocycles. The van der Waals surface area contributed by atoms with E-state index in [4.69, 9.17) is 27.9 Å². The number of aromatic nitrogens is 4. The number of benzene rings is 3. The molecule has 3 heterocycles. The Morgan fingerprint density at radius 2 is 1.70 bits per heavy atom. The van der Waals surface area contributed by atoms with Gasteiger partial charge in [0.2, 0.25) is 0 Å². The van der Waals surface area contributed by atoms with E-state index in [2.05, 4.69) is 20.4 Å². The topological polar surface area (TPSA) is 122 Å². The number of ether oxygens (including phenoxy) is 1. The molecule has 0 atom stereocenters. The van der Waals surface area contributed by atoms with Gasteiger partial charge in [-0.25, -0.2) is 9.78 Å². The van der Waals surface area contributed by atoms with Crippen molar-refractivity contribution in [2.75, 3.05) is 11.9 Å². The zero-order chi connectivity index (χ0) is 33.6. The highest BCUT2D eigenvalue weighted by molar-refractivity contribution is 6.35. The number of para-hydroxylation sites is 1. The van der Waals surface area contributed by atoms with Gasteiger partial charge in [0.15, 0.2) is 5.69 Å². The van der Waals surface area contributed by atoms with Gasteiger partial charge in [-0.2, -0.15) is 5.10 Å². The second-order valence-electron chi connectivity index (χ2n) is 11.6. The van der Waals surface area contributed by atoms with E-state index in [9.17, 15) is 14.7 Å². The highest BCUT2D eigenvalue weighted by Gasteiger charge is 2.25. The van der Waals surface area contributed by atoms with Crippen LogP contribution >= 0.6 is 23.2 Å². The second kappa shape index (κ2) is 12.7. The summed E-state index contributed by atoms with van der Waals surface area (Å²) in [6.07, 6.45) is 1.12. The Kier molecular flexibility index (Phi) is 8.70. The summed E-state index contributed by atoms with van der Waals surface area (Å²) in [5, 5.41) is 20.0. The number of anilines is 1. The molecular weight excluding hydrogens is 637 g/mol. The molecule has 6 aromatic rings. The number of carboxylic acids is 1. The Morgan fingerprint density at radius 1 is 0.979 bits per heavy atom. The Morgan fingerprint density at radius 3 is 2.38 bits per heavy atom. The molecule has 3 aromatic carbocycles. The first-order valence-corrected chi connectivity index (χ1v) is 15.9. The largest absolute Gasteiger partial charge is 0.494 e. The number of H-pyrrole nitrogens is 1. The second-order valence-corrected chi connectivity index (χ2v) is 12.4. The number of aryl methyl sites for hydroxylation is 5. The smallest absolute Gasteiger partial charge is 0.354 e. The molecular formula is C36H33Cl2N5O4. The SMILES string of the molecule is Cc1cc(OCCCc2c(C(=O)Nc3cc(C(=O)O)nc4ccccc34)[nH]c3c(-c4c(C)nn(C)c4C)c(Cl)ccc23)cc(C)c1Cl. The normalized spacial score (nSPS) is 11.4. The highest BCUT2D eigenvalue weighted by atomic mass is 35.5. The lowest BCUT2D eigenvalue weighted by Crippen LogP contribution is -2.16. The summed E-state index contributed by atoms with van der Waals surface area (Å²) >= 11 is 13.2. The predicted molar refractivity (Wildman–Crippen MR) is 186 cm³/mol.